The summed E-state index contributed by atoms with van der Waals surface area (Å²) >= 11 is 0. The van der Waals surface area contributed by atoms with E-state index in [2.05, 4.69) is 5.32 Å². The number of carbonyl (C=O) groups is 1. The van der Waals surface area contributed by atoms with Crippen molar-refractivity contribution in [2.45, 2.75) is 31.7 Å². The predicted molar refractivity (Wildman–Crippen MR) is 70.8 cm³/mol. The van der Waals surface area contributed by atoms with E-state index < -0.39 is 0 Å². The molecule has 0 spiro atoms. The van der Waals surface area contributed by atoms with E-state index in [1.54, 1.807) is 0 Å². The highest BCUT2D eigenvalue weighted by atomic mass is 16.3. The number of hydrogen-bond acceptors (Lipinski definition) is 3. The summed E-state index contributed by atoms with van der Waals surface area (Å²) in [7, 11) is 0. The molecule has 1 atom stereocenters. The topological polar surface area (TPSA) is 42.2 Å². The highest BCUT2D eigenvalue weighted by Gasteiger charge is 2.19. The standard InChI is InChI=1S/C15H17NO2/c17-13(10-12-6-3-4-8-16-12)15-9-11-5-1-2-7-14(11)18-15/h1-2,5,7,9,12,16H,3-4,6,8,10H2/t12-/m1/s1. The van der Waals surface area contributed by atoms with Crippen molar-refractivity contribution in [2.75, 3.05) is 6.54 Å². The van der Waals surface area contributed by atoms with Gasteiger partial charge in [-0.3, -0.25) is 4.79 Å². The van der Waals surface area contributed by atoms with Gasteiger partial charge in [0.15, 0.2) is 11.5 Å². The zero-order chi connectivity index (χ0) is 12.4. The van der Waals surface area contributed by atoms with Gasteiger partial charge in [-0.2, -0.15) is 0 Å². The van der Waals surface area contributed by atoms with Crippen molar-refractivity contribution in [3.63, 3.8) is 0 Å². The molecule has 1 aliphatic heterocycles. The summed E-state index contributed by atoms with van der Waals surface area (Å²) in [4.78, 5) is 12.1. The molecule has 3 nitrogen and oxygen atoms in total. The van der Waals surface area contributed by atoms with Crippen molar-refractivity contribution in [3.8, 4) is 0 Å². The van der Waals surface area contributed by atoms with E-state index in [1.165, 1.54) is 12.8 Å². The Morgan fingerprint density at radius 2 is 2.22 bits per heavy atom. The Morgan fingerprint density at radius 1 is 1.33 bits per heavy atom. The second-order valence-electron chi connectivity index (χ2n) is 4.92. The molecule has 0 unspecified atom stereocenters. The van der Waals surface area contributed by atoms with E-state index in [0.717, 1.165) is 23.9 Å². The van der Waals surface area contributed by atoms with Gasteiger partial charge in [-0.25, -0.2) is 0 Å². The van der Waals surface area contributed by atoms with Crippen LogP contribution in [0.3, 0.4) is 0 Å². The number of benzene rings is 1. The van der Waals surface area contributed by atoms with Crippen LogP contribution >= 0.6 is 0 Å². The van der Waals surface area contributed by atoms with Gasteiger partial charge in [-0.15, -0.1) is 0 Å². The average molecular weight is 243 g/mol. The fourth-order valence-corrected chi connectivity index (χ4v) is 2.54. The van der Waals surface area contributed by atoms with Crippen LogP contribution < -0.4 is 5.32 Å². The second-order valence-corrected chi connectivity index (χ2v) is 4.92. The summed E-state index contributed by atoms with van der Waals surface area (Å²) in [5.41, 5.74) is 0.789. The molecule has 0 aliphatic carbocycles. The number of rotatable bonds is 3. The van der Waals surface area contributed by atoms with Crippen molar-refractivity contribution in [1.82, 2.24) is 5.32 Å². The van der Waals surface area contributed by atoms with Crippen molar-refractivity contribution < 1.29 is 9.21 Å². The third kappa shape index (κ3) is 2.31. The lowest BCUT2D eigenvalue weighted by Gasteiger charge is -2.22. The predicted octanol–water partition coefficient (Wildman–Crippen LogP) is 3.15. The molecule has 0 bridgehead atoms. The van der Waals surface area contributed by atoms with Crippen LogP contribution in [0.5, 0.6) is 0 Å². The Balaban J connectivity index is 1.74. The van der Waals surface area contributed by atoms with Gasteiger partial charge in [-0.1, -0.05) is 24.6 Å². The molecular formula is C15H17NO2. The van der Waals surface area contributed by atoms with E-state index in [1.807, 2.05) is 30.3 Å². The van der Waals surface area contributed by atoms with Gasteiger partial charge in [0.25, 0.3) is 0 Å². The summed E-state index contributed by atoms with van der Waals surface area (Å²) in [5, 5.41) is 4.39. The van der Waals surface area contributed by atoms with Crippen LogP contribution in [0.1, 0.15) is 36.2 Å². The number of para-hydroxylation sites is 1. The molecule has 3 heteroatoms. The number of piperidine rings is 1. The van der Waals surface area contributed by atoms with E-state index in [-0.39, 0.29) is 5.78 Å². The minimum Gasteiger partial charge on any atom is -0.453 e. The molecule has 1 saturated heterocycles. The Bertz CT molecular complexity index is 519. The quantitative estimate of drug-likeness (QED) is 0.842. The molecule has 1 fully saturated rings. The van der Waals surface area contributed by atoms with E-state index in [4.69, 9.17) is 4.42 Å². The van der Waals surface area contributed by atoms with Crippen LogP contribution in [0, 0.1) is 0 Å². The first-order valence-electron chi connectivity index (χ1n) is 6.58. The van der Waals surface area contributed by atoms with Crippen LogP contribution in [0.4, 0.5) is 0 Å². The Hall–Kier alpha value is -1.61. The summed E-state index contributed by atoms with van der Waals surface area (Å²) < 4.78 is 5.59. The first-order valence-corrected chi connectivity index (χ1v) is 6.58. The maximum absolute atomic E-state index is 12.1. The molecule has 1 aromatic heterocycles. The number of hydrogen-bond donors (Lipinski definition) is 1. The summed E-state index contributed by atoms with van der Waals surface area (Å²) in [6, 6.07) is 9.90. The molecule has 94 valence electrons. The fourth-order valence-electron chi connectivity index (χ4n) is 2.54. The van der Waals surface area contributed by atoms with Gasteiger partial charge < -0.3 is 9.73 Å². The lowest BCUT2D eigenvalue weighted by molar-refractivity contribution is 0.0938. The van der Waals surface area contributed by atoms with Crippen LogP contribution in [0.25, 0.3) is 11.0 Å². The van der Waals surface area contributed by atoms with Crippen LogP contribution in [-0.2, 0) is 0 Å². The first kappa shape index (κ1) is 11.5. The maximum Gasteiger partial charge on any atom is 0.199 e. The lowest BCUT2D eigenvalue weighted by Crippen LogP contribution is -2.35. The fraction of sp³-hybridized carbons (Fsp3) is 0.400. The maximum atomic E-state index is 12.1. The van der Waals surface area contributed by atoms with Gasteiger partial charge in [-0.05, 0) is 31.5 Å². The summed E-state index contributed by atoms with van der Waals surface area (Å²) in [5.74, 6) is 0.592. The summed E-state index contributed by atoms with van der Waals surface area (Å²) in [6.07, 6.45) is 4.06. The third-order valence-corrected chi connectivity index (χ3v) is 3.54. The van der Waals surface area contributed by atoms with Gasteiger partial charge in [0, 0.05) is 17.8 Å². The molecule has 3 rings (SSSR count). The molecule has 2 heterocycles. The Kier molecular flexibility index (Phi) is 3.15. The lowest BCUT2D eigenvalue weighted by atomic mass is 9.99. The molecule has 0 saturated carbocycles. The molecule has 1 aromatic carbocycles. The van der Waals surface area contributed by atoms with Crippen LogP contribution in [-0.4, -0.2) is 18.4 Å². The number of Topliss-reactive ketones (excluding diaryl/α,β-unsaturated/α-hetero) is 1. The van der Waals surface area contributed by atoms with Crippen molar-refractivity contribution in [2.24, 2.45) is 0 Å². The molecule has 1 aliphatic rings. The Labute approximate surface area is 106 Å². The molecule has 0 radical (unpaired) electrons. The Morgan fingerprint density at radius 3 is 3.00 bits per heavy atom. The summed E-state index contributed by atoms with van der Waals surface area (Å²) in [6.45, 7) is 1.03. The van der Waals surface area contributed by atoms with Crippen molar-refractivity contribution in [3.05, 3.63) is 36.1 Å². The zero-order valence-electron chi connectivity index (χ0n) is 10.3. The van der Waals surface area contributed by atoms with E-state index in [9.17, 15) is 4.79 Å². The zero-order valence-corrected chi connectivity index (χ0v) is 10.3. The van der Waals surface area contributed by atoms with Crippen LogP contribution in [0.15, 0.2) is 34.7 Å². The minimum absolute atomic E-state index is 0.102. The number of carbonyl (C=O) groups excluding carboxylic acids is 1. The van der Waals surface area contributed by atoms with Gasteiger partial charge in [0.05, 0.1) is 0 Å². The minimum atomic E-state index is 0.102. The molecular weight excluding hydrogens is 226 g/mol. The SMILES string of the molecule is O=C(C[C@H]1CCCCN1)c1cc2ccccc2o1. The number of ketones is 1. The second kappa shape index (κ2) is 4.94. The van der Waals surface area contributed by atoms with Crippen molar-refractivity contribution in [1.29, 1.82) is 0 Å². The average Bonchev–Trinajstić information content (AvgIpc) is 2.84. The van der Waals surface area contributed by atoms with Gasteiger partial charge >= 0.3 is 0 Å². The van der Waals surface area contributed by atoms with Gasteiger partial charge in [0.1, 0.15) is 5.58 Å². The number of nitrogens with one attached hydrogen (secondary N) is 1. The van der Waals surface area contributed by atoms with E-state index >= 15 is 0 Å². The smallest absolute Gasteiger partial charge is 0.199 e. The largest absolute Gasteiger partial charge is 0.453 e. The normalized spacial score (nSPS) is 20.1. The van der Waals surface area contributed by atoms with Crippen molar-refractivity contribution >= 4 is 16.8 Å². The highest BCUT2D eigenvalue weighted by molar-refractivity contribution is 5.97. The first-order chi connectivity index (χ1) is 8.83. The van der Waals surface area contributed by atoms with E-state index in [0.29, 0.717) is 18.2 Å². The number of furan rings is 1. The monoisotopic (exact) mass is 243 g/mol. The third-order valence-electron chi connectivity index (χ3n) is 3.54. The highest BCUT2D eigenvalue weighted by Crippen LogP contribution is 2.21. The van der Waals surface area contributed by atoms with Crippen LogP contribution in [0.2, 0.25) is 0 Å². The molecule has 2 aromatic rings. The molecule has 1 N–H and O–H groups in total. The molecule has 18 heavy (non-hydrogen) atoms. The molecule has 0 amide bonds. The van der Waals surface area contributed by atoms with Gasteiger partial charge in [0.2, 0.25) is 0 Å². The number of fused-ring (bicyclic) bond motifs is 1.